The van der Waals surface area contributed by atoms with E-state index in [1.54, 1.807) is 0 Å². The van der Waals surface area contributed by atoms with Gasteiger partial charge in [-0.15, -0.1) is 0 Å². The van der Waals surface area contributed by atoms with E-state index >= 15 is 0 Å². The summed E-state index contributed by atoms with van der Waals surface area (Å²) in [4.78, 5) is 20.2. The second-order valence-electron chi connectivity index (χ2n) is 9.90. The third-order valence-electron chi connectivity index (χ3n) is 5.17. The zero-order valence-corrected chi connectivity index (χ0v) is 27.9. The molecule has 46 heavy (non-hydrogen) atoms. The number of hydrogen-bond donors (Lipinski definition) is 14. The molecule has 0 bridgehead atoms. The fraction of sp³-hybridized carbons (Fsp3) is 0.933. The summed E-state index contributed by atoms with van der Waals surface area (Å²) in [7, 11) is 0. The van der Waals surface area contributed by atoms with Crippen LogP contribution in [-0.2, 0) is 9.59 Å². The van der Waals surface area contributed by atoms with E-state index in [2.05, 4.69) is 13.8 Å². The molecule has 0 aliphatic rings. The van der Waals surface area contributed by atoms with Crippen LogP contribution < -0.4 is 0 Å². The fourth-order valence-electron chi connectivity index (χ4n) is 2.34. The predicted molar refractivity (Wildman–Crippen MR) is 172 cm³/mol. The molecular formula is C30H68O16. The lowest BCUT2D eigenvalue weighted by molar-refractivity contribution is -0.138. The highest BCUT2D eigenvalue weighted by molar-refractivity contribution is 5.66. The molecule has 0 fully saturated rings. The lowest BCUT2D eigenvalue weighted by atomic mass is 10.1. The smallest absolute Gasteiger partial charge is 0.303 e. The number of aliphatic carboxylic acids is 2. The molecule has 14 N–H and O–H groups in total. The van der Waals surface area contributed by atoms with E-state index in [1.807, 2.05) is 0 Å². The maximum absolute atomic E-state index is 10.1. The first-order valence-electron chi connectivity index (χ1n) is 15.8. The van der Waals surface area contributed by atoms with Crippen LogP contribution in [0.3, 0.4) is 0 Å². The number of hydrogen-bond acceptors (Lipinski definition) is 14. The van der Waals surface area contributed by atoms with Crippen molar-refractivity contribution in [2.75, 3.05) is 52.9 Å². The number of carbonyl (C=O) groups is 2. The third kappa shape index (κ3) is 78.7. The lowest BCUT2D eigenvalue weighted by Gasteiger charge is -1.98. The van der Waals surface area contributed by atoms with Crippen LogP contribution in [0.5, 0.6) is 0 Å². The molecule has 0 saturated heterocycles. The van der Waals surface area contributed by atoms with Crippen molar-refractivity contribution in [2.45, 2.75) is 128 Å². The third-order valence-corrected chi connectivity index (χ3v) is 5.17. The van der Waals surface area contributed by atoms with E-state index in [-0.39, 0.29) is 52.9 Å². The number of aliphatic hydroxyl groups excluding tert-OH is 12. The lowest BCUT2D eigenvalue weighted by Crippen LogP contribution is -2.15. The molecule has 0 radical (unpaired) electrons. The van der Waals surface area contributed by atoms with Crippen molar-refractivity contribution in [3.8, 4) is 0 Å². The largest absolute Gasteiger partial charge is 0.481 e. The Kier molecular flexibility index (Phi) is 65.4. The summed E-state index contributed by atoms with van der Waals surface area (Å²) in [5.74, 6) is -1.33. The molecule has 0 aliphatic carbocycles. The van der Waals surface area contributed by atoms with Crippen molar-refractivity contribution in [3.05, 3.63) is 0 Å². The van der Waals surface area contributed by atoms with E-state index < -0.39 is 36.4 Å². The molecule has 16 nitrogen and oxygen atoms in total. The van der Waals surface area contributed by atoms with Gasteiger partial charge < -0.3 is 71.5 Å². The Balaban J connectivity index is -0.000000107. The van der Waals surface area contributed by atoms with Crippen LogP contribution in [0.2, 0.25) is 0 Å². The predicted octanol–water partition coefficient (Wildman–Crippen LogP) is -1.03. The van der Waals surface area contributed by atoms with Gasteiger partial charge in [-0.25, -0.2) is 0 Å². The molecule has 16 heteroatoms. The van der Waals surface area contributed by atoms with Gasteiger partial charge in [0.1, 0.15) is 24.4 Å². The van der Waals surface area contributed by atoms with Crippen LogP contribution in [0, 0.1) is 0 Å². The minimum absolute atomic E-state index is 0.337. The highest BCUT2D eigenvalue weighted by Gasteiger charge is 1.97. The summed E-state index contributed by atoms with van der Waals surface area (Å²) in [6.07, 6.45) is 10.7. The van der Waals surface area contributed by atoms with Crippen molar-refractivity contribution in [1.82, 2.24) is 0 Å². The molecule has 0 heterocycles. The zero-order valence-electron chi connectivity index (χ0n) is 27.9. The molecule has 0 atom stereocenters. The van der Waals surface area contributed by atoms with Crippen molar-refractivity contribution in [3.63, 3.8) is 0 Å². The molecule has 0 amide bonds. The average molecular weight is 685 g/mol. The Morgan fingerprint density at radius 1 is 0.370 bits per heavy atom. The average Bonchev–Trinajstić information content (AvgIpc) is 3.07. The van der Waals surface area contributed by atoms with Crippen molar-refractivity contribution in [2.24, 2.45) is 0 Å². The quantitative estimate of drug-likeness (QED) is 0.0606. The van der Waals surface area contributed by atoms with Gasteiger partial charge in [-0.1, -0.05) is 78.1 Å². The van der Waals surface area contributed by atoms with Gasteiger partial charge in [-0.2, -0.15) is 0 Å². The van der Waals surface area contributed by atoms with Gasteiger partial charge in [0.15, 0.2) is 0 Å². The summed E-state index contributed by atoms with van der Waals surface area (Å²) in [6, 6.07) is 0. The summed E-state index contributed by atoms with van der Waals surface area (Å²) in [5.41, 5.74) is 0. The number of carboxylic acid groups (broad SMARTS) is 2. The summed E-state index contributed by atoms with van der Waals surface area (Å²) in [6.45, 7) is 1.43. The molecular weight excluding hydrogens is 616 g/mol. The molecule has 0 aromatic heterocycles. The number of carboxylic acids is 2. The second-order valence-corrected chi connectivity index (χ2v) is 9.90. The van der Waals surface area contributed by atoms with Crippen LogP contribution in [0.25, 0.3) is 0 Å². The topological polar surface area (TPSA) is 317 Å². The molecule has 0 saturated carbocycles. The monoisotopic (exact) mass is 684 g/mol. The summed E-state index contributed by atoms with van der Waals surface area (Å²) >= 11 is 0. The second kappa shape index (κ2) is 53.0. The van der Waals surface area contributed by atoms with Gasteiger partial charge in [-0.3, -0.25) is 9.59 Å². The van der Waals surface area contributed by atoms with E-state index in [9.17, 15) is 9.59 Å². The molecule has 0 spiro atoms. The Bertz CT molecular complexity index is 487. The molecule has 0 rings (SSSR count). The van der Waals surface area contributed by atoms with Gasteiger partial charge in [0.2, 0.25) is 0 Å². The molecule has 0 aliphatic heterocycles. The Labute approximate surface area is 274 Å². The normalized spacial score (nSPS) is 9.96. The zero-order chi connectivity index (χ0) is 37.0. The maximum atomic E-state index is 10.1. The van der Waals surface area contributed by atoms with Gasteiger partial charge in [0.25, 0.3) is 0 Å². The first-order chi connectivity index (χ1) is 21.8. The van der Waals surface area contributed by atoms with E-state index in [4.69, 9.17) is 71.5 Å². The van der Waals surface area contributed by atoms with Crippen LogP contribution in [-0.4, -0.2) is 161 Å². The first kappa shape index (κ1) is 56.8. The van der Waals surface area contributed by atoms with Crippen LogP contribution >= 0.6 is 0 Å². The van der Waals surface area contributed by atoms with Gasteiger partial charge in [0, 0.05) is 12.8 Å². The van der Waals surface area contributed by atoms with E-state index in [1.165, 1.54) is 51.4 Å². The minimum atomic E-state index is -0.954. The fourth-order valence-corrected chi connectivity index (χ4v) is 2.34. The molecule has 0 aromatic rings. The van der Waals surface area contributed by atoms with Crippen LogP contribution in [0.1, 0.15) is 104 Å². The van der Waals surface area contributed by atoms with E-state index in [0.29, 0.717) is 12.8 Å². The highest BCUT2D eigenvalue weighted by atomic mass is 16.4. The summed E-state index contributed by atoms with van der Waals surface area (Å²) in [5, 5.41) is 113. The Morgan fingerprint density at radius 2 is 0.543 bits per heavy atom. The number of unbranched alkanes of at least 4 members (excludes halogenated alkanes) is 10. The minimum Gasteiger partial charge on any atom is -0.481 e. The first-order valence-corrected chi connectivity index (χ1v) is 15.8. The summed E-state index contributed by atoms with van der Waals surface area (Å²) < 4.78 is 0. The van der Waals surface area contributed by atoms with Crippen molar-refractivity contribution < 1.29 is 81.1 Å². The van der Waals surface area contributed by atoms with Crippen LogP contribution in [0.15, 0.2) is 0 Å². The maximum Gasteiger partial charge on any atom is 0.303 e. The SMILES string of the molecule is CCCCCCCC(=O)O.CCCCCCCCCC(=O)O.OCC(O)CO.OCC(O)CO.OCC(O)CO.OCC(O)CO. The number of aliphatic hydroxyl groups is 12. The Hall–Kier alpha value is -1.54. The van der Waals surface area contributed by atoms with Crippen molar-refractivity contribution in [1.29, 1.82) is 0 Å². The van der Waals surface area contributed by atoms with Gasteiger partial charge in [-0.05, 0) is 12.8 Å². The van der Waals surface area contributed by atoms with Crippen molar-refractivity contribution >= 4 is 11.9 Å². The molecule has 0 aromatic carbocycles. The van der Waals surface area contributed by atoms with Gasteiger partial charge in [0.05, 0.1) is 52.9 Å². The van der Waals surface area contributed by atoms with E-state index in [0.717, 1.165) is 25.7 Å². The Morgan fingerprint density at radius 3 is 0.674 bits per heavy atom. The standard InChI is InChI=1S/C10H20O2.C8H16O2.4C3H8O3/c1-2-3-4-5-6-7-8-9-10(11)12;1-2-3-4-5-6-7-8(9)10;4*4-1-3(6)2-5/h2-9H2,1H3,(H,11,12);2-7H2,1H3,(H,9,10);4*3-6H,1-2H2. The highest BCUT2D eigenvalue weighted by Crippen LogP contribution is 2.08. The molecule has 0 unspecified atom stereocenters. The number of rotatable bonds is 22. The van der Waals surface area contributed by atoms with Crippen LogP contribution in [0.4, 0.5) is 0 Å². The molecule has 284 valence electrons. The van der Waals surface area contributed by atoms with Gasteiger partial charge >= 0.3 is 11.9 Å².